The monoisotopic (exact) mass is 270 g/mol. The normalized spacial score (nSPS) is 18.1. The summed E-state index contributed by atoms with van der Waals surface area (Å²) in [7, 11) is 0. The third kappa shape index (κ3) is 3.54. The van der Waals surface area contributed by atoms with Gasteiger partial charge in [-0.15, -0.1) is 11.8 Å². The second-order valence-corrected chi connectivity index (χ2v) is 6.00. The topological polar surface area (TPSA) is 58.6 Å². The zero-order valence-corrected chi connectivity index (χ0v) is 11.0. The van der Waals surface area contributed by atoms with Crippen LogP contribution >= 0.6 is 23.4 Å². The lowest BCUT2D eigenvalue weighted by molar-refractivity contribution is 0.315. The molecule has 3 N–H and O–H groups in total. The summed E-state index contributed by atoms with van der Waals surface area (Å²) in [5.41, 5.74) is 5.80. The van der Waals surface area contributed by atoms with Crippen molar-refractivity contribution in [3.8, 4) is 0 Å². The summed E-state index contributed by atoms with van der Waals surface area (Å²) in [6, 6.07) is 7.83. The summed E-state index contributed by atoms with van der Waals surface area (Å²) >= 11 is 7.63. The Morgan fingerprint density at radius 1 is 1.41 bits per heavy atom. The van der Waals surface area contributed by atoms with E-state index >= 15 is 0 Å². The van der Waals surface area contributed by atoms with Crippen LogP contribution in [-0.2, 0) is 0 Å². The zero-order chi connectivity index (χ0) is 12.3. The summed E-state index contributed by atoms with van der Waals surface area (Å²) in [6.07, 6.45) is 3.00. The predicted octanol–water partition coefficient (Wildman–Crippen LogP) is 3.35. The van der Waals surface area contributed by atoms with Gasteiger partial charge in [-0.2, -0.15) is 0 Å². The Morgan fingerprint density at radius 3 is 2.59 bits per heavy atom. The van der Waals surface area contributed by atoms with Gasteiger partial charge in [0.2, 0.25) is 0 Å². The van der Waals surface area contributed by atoms with Crippen LogP contribution in [0.25, 0.3) is 0 Å². The number of amidine groups is 1. The molecule has 1 fully saturated rings. The number of oxime groups is 1. The van der Waals surface area contributed by atoms with Crippen LogP contribution in [0.2, 0.25) is 5.02 Å². The molecule has 3 nitrogen and oxygen atoms in total. The van der Waals surface area contributed by atoms with Gasteiger partial charge in [0.1, 0.15) is 5.84 Å². The van der Waals surface area contributed by atoms with Crippen molar-refractivity contribution in [1.29, 1.82) is 0 Å². The van der Waals surface area contributed by atoms with Crippen LogP contribution in [0.5, 0.6) is 0 Å². The molecule has 0 aromatic heterocycles. The van der Waals surface area contributed by atoms with Gasteiger partial charge in [-0.1, -0.05) is 16.8 Å². The molecule has 0 saturated heterocycles. The minimum absolute atomic E-state index is 0.237. The third-order valence-electron chi connectivity index (χ3n) is 3.00. The van der Waals surface area contributed by atoms with Gasteiger partial charge in [0.25, 0.3) is 0 Å². The Hall–Kier alpha value is -0.870. The lowest BCUT2D eigenvalue weighted by Crippen LogP contribution is -2.19. The number of halogens is 1. The predicted molar refractivity (Wildman–Crippen MR) is 71.9 cm³/mol. The Morgan fingerprint density at radius 2 is 2.06 bits per heavy atom. The van der Waals surface area contributed by atoms with Gasteiger partial charge in [-0.05, 0) is 42.5 Å². The average Bonchev–Trinajstić information content (AvgIpc) is 3.09. The van der Waals surface area contributed by atoms with Crippen molar-refractivity contribution in [2.75, 3.05) is 5.75 Å². The maximum Gasteiger partial charge on any atom is 0.139 e. The summed E-state index contributed by atoms with van der Waals surface area (Å²) in [5.74, 6) is 1.34. The second-order valence-electron chi connectivity index (χ2n) is 4.51. The Kier molecular flexibility index (Phi) is 3.84. The van der Waals surface area contributed by atoms with Crippen LogP contribution in [0, 0.1) is 5.41 Å². The van der Waals surface area contributed by atoms with Crippen molar-refractivity contribution in [2.24, 2.45) is 16.3 Å². The van der Waals surface area contributed by atoms with Crippen LogP contribution in [-0.4, -0.2) is 16.8 Å². The Labute approximate surface area is 110 Å². The summed E-state index contributed by atoms with van der Waals surface area (Å²) in [5, 5.41) is 12.4. The molecule has 0 amide bonds. The van der Waals surface area contributed by atoms with Crippen molar-refractivity contribution in [1.82, 2.24) is 0 Å². The van der Waals surface area contributed by atoms with E-state index in [9.17, 15) is 0 Å². The number of nitrogens with two attached hydrogens (primary N) is 1. The van der Waals surface area contributed by atoms with Crippen LogP contribution in [0.3, 0.4) is 0 Å². The first-order valence-electron chi connectivity index (χ1n) is 5.48. The zero-order valence-electron chi connectivity index (χ0n) is 9.40. The van der Waals surface area contributed by atoms with Gasteiger partial charge < -0.3 is 10.9 Å². The fourth-order valence-corrected chi connectivity index (χ4v) is 3.05. The molecular weight excluding hydrogens is 256 g/mol. The molecule has 0 unspecified atom stereocenters. The number of hydrogen-bond acceptors (Lipinski definition) is 3. The number of benzene rings is 1. The highest BCUT2D eigenvalue weighted by Crippen LogP contribution is 2.51. The lowest BCUT2D eigenvalue weighted by atomic mass is 10.1. The lowest BCUT2D eigenvalue weighted by Gasteiger charge is -2.13. The maximum atomic E-state index is 8.58. The molecule has 0 aliphatic heterocycles. The van der Waals surface area contributed by atoms with Gasteiger partial charge in [0, 0.05) is 22.1 Å². The number of hydrogen-bond donors (Lipinski definition) is 2. The standard InChI is InChI=1S/C12H15ClN2OS/c13-9-1-3-10(4-2-9)17-8-12(5-6-12)7-11(14)15-16/h1-4,16H,5-8H2,(H2,14,15). The molecule has 17 heavy (non-hydrogen) atoms. The first-order valence-corrected chi connectivity index (χ1v) is 6.85. The van der Waals surface area contributed by atoms with Crippen LogP contribution < -0.4 is 5.73 Å². The first-order chi connectivity index (χ1) is 8.13. The van der Waals surface area contributed by atoms with Gasteiger partial charge in [-0.3, -0.25) is 0 Å². The largest absolute Gasteiger partial charge is 0.409 e. The van der Waals surface area contributed by atoms with Gasteiger partial charge in [0.15, 0.2) is 0 Å². The van der Waals surface area contributed by atoms with Gasteiger partial charge in [0.05, 0.1) is 0 Å². The number of rotatable bonds is 5. The molecule has 1 aliphatic carbocycles. The van der Waals surface area contributed by atoms with Crippen LogP contribution in [0.4, 0.5) is 0 Å². The van der Waals surface area contributed by atoms with E-state index < -0.39 is 0 Å². The highest BCUT2D eigenvalue weighted by atomic mass is 35.5. The van der Waals surface area contributed by atoms with E-state index in [1.807, 2.05) is 24.3 Å². The van der Waals surface area contributed by atoms with Gasteiger partial charge in [-0.25, -0.2) is 0 Å². The maximum absolute atomic E-state index is 8.58. The van der Waals surface area contributed by atoms with Crippen LogP contribution in [0.1, 0.15) is 19.3 Å². The fourth-order valence-electron chi connectivity index (χ4n) is 1.74. The van der Waals surface area contributed by atoms with E-state index in [0.29, 0.717) is 12.3 Å². The SMILES string of the molecule is NC(CC1(CSc2ccc(Cl)cc2)CC1)=NO. The van der Waals surface area contributed by atoms with Crippen molar-refractivity contribution in [3.05, 3.63) is 29.3 Å². The molecule has 5 heteroatoms. The third-order valence-corrected chi connectivity index (χ3v) is 4.61. The molecule has 1 aliphatic rings. The molecule has 0 radical (unpaired) electrons. The number of thioether (sulfide) groups is 1. The Balaban J connectivity index is 1.88. The summed E-state index contributed by atoms with van der Waals surface area (Å²) < 4.78 is 0. The fraction of sp³-hybridized carbons (Fsp3) is 0.417. The second kappa shape index (κ2) is 5.19. The van der Waals surface area contributed by atoms with Crippen molar-refractivity contribution >= 4 is 29.2 Å². The minimum atomic E-state index is 0.237. The highest BCUT2D eigenvalue weighted by Gasteiger charge is 2.43. The molecule has 2 rings (SSSR count). The van der Waals surface area contributed by atoms with E-state index in [1.165, 1.54) is 4.90 Å². The molecule has 1 aromatic carbocycles. The molecule has 0 spiro atoms. The molecule has 1 saturated carbocycles. The van der Waals surface area contributed by atoms with E-state index in [2.05, 4.69) is 5.16 Å². The Bertz CT molecular complexity index is 415. The molecule has 1 aromatic rings. The summed E-state index contributed by atoms with van der Waals surface area (Å²) in [4.78, 5) is 1.21. The molecule has 0 atom stereocenters. The van der Waals surface area contributed by atoms with E-state index in [-0.39, 0.29) is 5.41 Å². The molecule has 0 heterocycles. The molecule has 92 valence electrons. The van der Waals surface area contributed by atoms with Gasteiger partial charge >= 0.3 is 0 Å². The smallest absolute Gasteiger partial charge is 0.139 e. The molecular formula is C12H15ClN2OS. The molecule has 0 bridgehead atoms. The van der Waals surface area contributed by atoms with E-state index in [1.54, 1.807) is 11.8 Å². The van der Waals surface area contributed by atoms with Crippen molar-refractivity contribution < 1.29 is 5.21 Å². The summed E-state index contributed by atoms with van der Waals surface area (Å²) in [6.45, 7) is 0. The van der Waals surface area contributed by atoms with Crippen LogP contribution in [0.15, 0.2) is 34.3 Å². The quantitative estimate of drug-likeness (QED) is 0.284. The first kappa shape index (κ1) is 12.6. The average molecular weight is 271 g/mol. The van der Waals surface area contributed by atoms with E-state index in [0.717, 1.165) is 23.6 Å². The minimum Gasteiger partial charge on any atom is -0.409 e. The van der Waals surface area contributed by atoms with Crippen molar-refractivity contribution in [3.63, 3.8) is 0 Å². The number of nitrogens with zero attached hydrogens (tertiary/aromatic N) is 1. The van der Waals surface area contributed by atoms with Crippen molar-refractivity contribution in [2.45, 2.75) is 24.2 Å². The van der Waals surface area contributed by atoms with E-state index in [4.69, 9.17) is 22.5 Å². The highest BCUT2D eigenvalue weighted by molar-refractivity contribution is 7.99.